The van der Waals surface area contributed by atoms with Gasteiger partial charge in [-0.15, -0.1) is 0 Å². The molecule has 3 aromatic carbocycles. The molecule has 2 heterocycles. The number of hydrogen-bond acceptors (Lipinski definition) is 5. The van der Waals surface area contributed by atoms with Gasteiger partial charge in [0.15, 0.2) is 6.23 Å². The SMILES string of the molecule is O=C1COC(c2cn(-c3ccc(F)cc3)nc2-c2ccc(F)cc2)N1CCc1ccc([N+](=O)[O-])cc1. The molecule has 1 unspecified atom stereocenters. The molecule has 182 valence electrons. The highest BCUT2D eigenvalue weighted by atomic mass is 19.1. The van der Waals surface area contributed by atoms with Crippen LogP contribution in [0, 0.1) is 21.7 Å². The third-order valence-electron chi connectivity index (χ3n) is 5.97. The topological polar surface area (TPSA) is 90.5 Å². The lowest BCUT2D eigenvalue weighted by Crippen LogP contribution is -2.30. The average molecular weight is 490 g/mol. The number of nitro benzene ring substituents is 1. The van der Waals surface area contributed by atoms with Gasteiger partial charge in [-0.3, -0.25) is 14.9 Å². The number of halogens is 2. The minimum Gasteiger partial charge on any atom is -0.344 e. The van der Waals surface area contributed by atoms with Crippen molar-refractivity contribution in [2.75, 3.05) is 13.2 Å². The minimum atomic E-state index is -0.746. The third-order valence-corrected chi connectivity index (χ3v) is 5.97. The zero-order valence-corrected chi connectivity index (χ0v) is 18.9. The zero-order chi connectivity index (χ0) is 25.2. The Morgan fingerprint density at radius 1 is 0.972 bits per heavy atom. The molecule has 0 spiro atoms. The molecule has 4 aromatic rings. The maximum absolute atomic E-state index is 13.6. The van der Waals surface area contributed by atoms with Crippen LogP contribution in [0.2, 0.25) is 0 Å². The van der Waals surface area contributed by atoms with Gasteiger partial charge in [0.2, 0.25) is 0 Å². The molecule has 1 amide bonds. The molecule has 0 N–H and O–H groups in total. The second-order valence-electron chi connectivity index (χ2n) is 8.28. The highest BCUT2D eigenvalue weighted by Crippen LogP contribution is 2.35. The Kier molecular flexibility index (Phi) is 6.26. The lowest BCUT2D eigenvalue weighted by molar-refractivity contribution is -0.384. The van der Waals surface area contributed by atoms with Gasteiger partial charge in [0.05, 0.1) is 10.6 Å². The average Bonchev–Trinajstić information content (AvgIpc) is 3.47. The fourth-order valence-corrected chi connectivity index (χ4v) is 4.11. The highest BCUT2D eigenvalue weighted by molar-refractivity contribution is 5.80. The first-order valence-corrected chi connectivity index (χ1v) is 11.1. The molecule has 1 saturated heterocycles. The second-order valence-corrected chi connectivity index (χ2v) is 8.28. The Morgan fingerprint density at radius 3 is 2.25 bits per heavy atom. The van der Waals surface area contributed by atoms with Crippen molar-refractivity contribution in [3.63, 3.8) is 0 Å². The lowest BCUT2D eigenvalue weighted by atomic mass is 10.1. The normalized spacial score (nSPS) is 15.4. The van der Waals surface area contributed by atoms with Crippen LogP contribution in [0.3, 0.4) is 0 Å². The molecule has 1 aliphatic rings. The summed E-state index contributed by atoms with van der Waals surface area (Å²) in [7, 11) is 0. The Morgan fingerprint density at radius 2 is 1.61 bits per heavy atom. The highest BCUT2D eigenvalue weighted by Gasteiger charge is 2.36. The quantitative estimate of drug-likeness (QED) is 0.274. The van der Waals surface area contributed by atoms with Gasteiger partial charge in [0, 0.05) is 36.0 Å². The summed E-state index contributed by atoms with van der Waals surface area (Å²) in [6, 6.07) is 17.8. The van der Waals surface area contributed by atoms with Gasteiger partial charge in [-0.05, 0) is 60.5 Å². The van der Waals surface area contributed by atoms with Crippen molar-refractivity contribution in [2.24, 2.45) is 0 Å². The molecular weight excluding hydrogens is 470 g/mol. The number of ether oxygens (including phenoxy) is 1. The van der Waals surface area contributed by atoms with Gasteiger partial charge >= 0.3 is 0 Å². The number of nitro groups is 1. The summed E-state index contributed by atoms with van der Waals surface area (Å²) in [6.45, 7) is 0.196. The first-order valence-electron chi connectivity index (χ1n) is 11.1. The van der Waals surface area contributed by atoms with Crippen LogP contribution in [0.15, 0.2) is 79.0 Å². The third kappa shape index (κ3) is 4.71. The summed E-state index contributed by atoms with van der Waals surface area (Å²) < 4.78 is 34.5. The number of rotatable bonds is 7. The van der Waals surface area contributed by atoms with Crippen molar-refractivity contribution in [3.8, 4) is 16.9 Å². The van der Waals surface area contributed by atoms with E-state index < -0.39 is 17.0 Å². The Hall–Kier alpha value is -4.44. The molecule has 5 rings (SSSR count). The van der Waals surface area contributed by atoms with E-state index in [1.54, 1.807) is 52.2 Å². The van der Waals surface area contributed by atoms with E-state index in [-0.39, 0.29) is 24.0 Å². The van der Waals surface area contributed by atoms with Crippen LogP contribution in [0.5, 0.6) is 0 Å². The van der Waals surface area contributed by atoms with E-state index in [4.69, 9.17) is 4.74 Å². The number of nitrogens with zero attached hydrogens (tertiary/aromatic N) is 4. The maximum Gasteiger partial charge on any atom is 0.269 e. The van der Waals surface area contributed by atoms with Gasteiger partial charge in [-0.1, -0.05) is 12.1 Å². The standard InChI is InChI=1S/C26H20F2N4O4/c27-19-5-3-18(4-6-19)25-23(15-31(29-25)21-11-7-20(28)8-12-21)26-30(24(33)16-36-26)14-13-17-1-9-22(10-2-17)32(34)35/h1-12,15,26H,13-14,16H2. The van der Waals surface area contributed by atoms with Crippen LogP contribution in [0.1, 0.15) is 17.4 Å². The smallest absolute Gasteiger partial charge is 0.269 e. The fraction of sp³-hybridized carbons (Fsp3) is 0.154. The molecule has 36 heavy (non-hydrogen) atoms. The molecule has 0 saturated carbocycles. The van der Waals surface area contributed by atoms with Crippen LogP contribution >= 0.6 is 0 Å². The van der Waals surface area contributed by atoms with E-state index in [2.05, 4.69) is 5.10 Å². The van der Waals surface area contributed by atoms with Crippen molar-refractivity contribution in [3.05, 3.63) is 112 Å². The molecule has 1 aliphatic heterocycles. The van der Waals surface area contributed by atoms with Crippen LogP contribution in [-0.4, -0.2) is 38.7 Å². The second kappa shape index (κ2) is 9.67. The molecule has 1 atom stereocenters. The van der Waals surface area contributed by atoms with Gasteiger partial charge in [-0.25, -0.2) is 13.5 Å². The van der Waals surface area contributed by atoms with Crippen molar-refractivity contribution in [1.82, 2.24) is 14.7 Å². The predicted octanol–water partition coefficient (Wildman–Crippen LogP) is 4.83. The Bertz CT molecular complexity index is 1400. The van der Waals surface area contributed by atoms with E-state index in [1.165, 1.54) is 36.4 Å². The number of carbonyl (C=O) groups is 1. The number of amides is 1. The number of benzene rings is 3. The van der Waals surface area contributed by atoms with Crippen LogP contribution < -0.4 is 0 Å². The summed E-state index contributed by atoms with van der Waals surface area (Å²) in [6.07, 6.45) is 1.43. The number of carbonyl (C=O) groups excluding carboxylic acids is 1. The maximum atomic E-state index is 13.6. The Balaban J connectivity index is 1.47. The lowest BCUT2D eigenvalue weighted by Gasteiger charge is -2.23. The monoisotopic (exact) mass is 490 g/mol. The van der Waals surface area contributed by atoms with Crippen LogP contribution in [0.4, 0.5) is 14.5 Å². The minimum absolute atomic E-state index is 0.00523. The van der Waals surface area contributed by atoms with Crippen molar-refractivity contribution < 1.29 is 23.2 Å². The number of aromatic nitrogens is 2. The summed E-state index contributed by atoms with van der Waals surface area (Å²) in [5.74, 6) is -0.983. The summed E-state index contributed by atoms with van der Waals surface area (Å²) in [5, 5.41) is 15.5. The predicted molar refractivity (Wildman–Crippen MR) is 126 cm³/mol. The van der Waals surface area contributed by atoms with Gasteiger partial charge in [0.1, 0.15) is 23.9 Å². The molecule has 0 bridgehead atoms. The van der Waals surface area contributed by atoms with Crippen LogP contribution in [-0.2, 0) is 16.0 Å². The van der Waals surface area contributed by atoms with E-state index >= 15 is 0 Å². The molecule has 0 radical (unpaired) electrons. The van der Waals surface area contributed by atoms with Crippen molar-refractivity contribution >= 4 is 11.6 Å². The first kappa shape index (κ1) is 23.3. The molecule has 10 heteroatoms. The molecule has 1 aromatic heterocycles. The fourth-order valence-electron chi connectivity index (χ4n) is 4.11. The van der Waals surface area contributed by atoms with E-state index in [9.17, 15) is 23.7 Å². The molecule has 1 fully saturated rings. The van der Waals surface area contributed by atoms with E-state index in [0.29, 0.717) is 35.5 Å². The molecule has 0 aliphatic carbocycles. The van der Waals surface area contributed by atoms with Crippen LogP contribution in [0.25, 0.3) is 16.9 Å². The van der Waals surface area contributed by atoms with E-state index in [1.807, 2.05) is 0 Å². The zero-order valence-electron chi connectivity index (χ0n) is 18.9. The summed E-state index contributed by atoms with van der Waals surface area (Å²) in [4.78, 5) is 24.7. The van der Waals surface area contributed by atoms with Gasteiger partial charge in [0.25, 0.3) is 11.6 Å². The summed E-state index contributed by atoms with van der Waals surface area (Å²) >= 11 is 0. The van der Waals surface area contributed by atoms with Gasteiger partial charge in [-0.2, -0.15) is 5.10 Å². The largest absolute Gasteiger partial charge is 0.344 e. The number of hydrogen-bond donors (Lipinski definition) is 0. The summed E-state index contributed by atoms with van der Waals surface area (Å²) in [5.41, 5.74) is 3.16. The van der Waals surface area contributed by atoms with Crippen molar-refractivity contribution in [1.29, 1.82) is 0 Å². The molecular formula is C26H20F2N4O4. The van der Waals surface area contributed by atoms with E-state index in [0.717, 1.165) is 5.56 Å². The van der Waals surface area contributed by atoms with Gasteiger partial charge < -0.3 is 9.64 Å². The molecule has 8 nitrogen and oxygen atoms in total. The van der Waals surface area contributed by atoms with Crippen molar-refractivity contribution in [2.45, 2.75) is 12.6 Å². The first-order chi connectivity index (χ1) is 17.4. The Labute approximate surface area is 204 Å². The number of non-ortho nitro benzene ring substituents is 1.